The highest BCUT2D eigenvalue weighted by Crippen LogP contribution is 2.24. The van der Waals surface area contributed by atoms with Crippen LogP contribution >= 0.6 is 0 Å². The van der Waals surface area contributed by atoms with Crippen molar-refractivity contribution in [3.63, 3.8) is 0 Å². The Morgan fingerprint density at radius 1 is 1.21 bits per heavy atom. The van der Waals surface area contributed by atoms with Gasteiger partial charge < -0.3 is 15.0 Å². The lowest BCUT2D eigenvalue weighted by molar-refractivity contribution is 0.0231. The molecule has 1 N–H and O–H groups in total. The molecule has 0 amide bonds. The summed E-state index contributed by atoms with van der Waals surface area (Å²) in [6.07, 6.45) is 2.64. The fourth-order valence-electron chi connectivity index (χ4n) is 2.50. The molecule has 3 nitrogen and oxygen atoms in total. The number of hydrogen-bond donors (Lipinski definition) is 1. The van der Waals surface area contributed by atoms with Crippen LogP contribution in [0.3, 0.4) is 0 Å². The predicted octanol–water partition coefficient (Wildman–Crippen LogP) is 2.80. The van der Waals surface area contributed by atoms with Gasteiger partial charge in [0.2, 0.25) is 0 Å². The molecule has 1 aromatic rings. The fraction of sp³-hybridized carbons (Fsp3) is 0.625. The molecule has 0 aromatic heterocycles. The van der Waals surface area contributed by atoms with E-state index in [-0.39, 0.29) is 5.60 Å². The standard InChI is InChI=1S/C16H26N2O/c1-16(2,19-3)13-17-12-14-8-4-5-9-15(14)18-10-6-7-11-18/h4-5,8-9,17H,6-7,10-13H2,1-3H3. The molecule has 0 atom stereocenters. The third kappa shape index (κ3) is 3.95. The van der Waals surface area contributed by atoms with Gasteiger partial charge in [-0.3, -0.25) is 0 Å². The van der Waals surface area contributed by atoms with E-state index in [1.54, 1.807) is 7.11 Å². The van der Waals surface area contributed by atoms with E-state index in [0.717, 1.165) is 13.1 Å². The minimum Gasteiger partial charge on any atom is -0.377 e. The minimum atomic E-state index is -0.109. The van der Waals surface area contributed by atoms with E-state index in [2.05, 4.69) is 48.3 Å². The van der Waals surface area contributed by atoms with Crippen molar-refractivity contribution in [2.75, 3.05) is 31.6 Å². The molecule has 0 saturated carbocycles. The first kappa shape index (κ1) is 14.4. The van der Waals surface area contributed by atoms with E-state index < -0.39 is 0 Å². The number of anilines is 1. The van der Waals surface area contributed by atoms with Crippen LogP contribution in [0.4, 0.5) is 5.69 Å². The molecule has 0 unspecified atom stereocenters. The van der Waals surface area contributed by atoms with E-state index in [1.165, 1.54) is 37.2 Å². The van der Waals surface area contributed by atoms with Crippen LogP contribution in [0.15, 0.2) is 24.3 Å². The zero-order valence-corrected chi connectivity index (χ0v) is 12.4. The van der Waals surface area contributed by atoms with Crippen molar-refractivity contribution in [3.05, 3.63) is 29.8 Å². The fourth-order valence-corrected chi connectivity index (χ4v) is 2.50. The van der Waals surface area contributed by atoms with Gasteiger partial charge in [0, 0.05) is 39.0 Å². The number of nitrogens with one attached hydrogen (secondary N) is 1. The van der Waals surface area contributed by atoms with Crippen molar-refractivity contribution in [2.45, 2.75) is 38.8 Å². The van der Waals surface area contributed by atoms with E-state index in [1.807, 2.05) is 0 Å². The number of benzene rings is 1. The van der Waals surface area contributed by atoms with Gasteiger partial charge >= 0.3 is 0 Å². The predicted molar refractivity (Wildman–Crippen MR) is 80.7 cm³/mol. The maximum Gasteiger partial charge on any atom is 0.0746 e. The van der Waals surface area contributed by atoms with E-state index in [9.17, 15) is 0 Å². The minimum absolute atomic E-state index is 0.109. The van der Waals surface area contributed by atoms with Gasteiger partial charge in [0.05, 0.1) is 5.60 Å². The Morgan fingerprint density at radius 2 is 1.89 bits per heavy atom. The first-order chi connectivity index (χ1) is 9.12. The lowest BCUT2D eigenvalue weighted by Crippen LogP contribution is -2.36. The first-order valence-electron chi connectivity index (χ1n) is 7.21. The van der Waals surface area contributed by atoms with E-state index in [4.69, 9.17) is 4.74 Å². The van der Waals surface area contributed by atoms with Gasteiger partial charge in [-0.15, -0.1) is 0 Å². The number of rotatable bonds is 6. The van der Waals surface area contributed by atoms with Gasteiger partial charge in [0.15, 0.2) is 0 Å². The van der Waals surface area contributed by atoms with Gasteiger partial charge in [-0.05, 0) is 38.3 Å². The highest BCUT2D eigenvalue weighted by molar-refractivity contribution is 5.54. The van der Waals surface area contributed by atoms with Crippen LogP contribution in [0, 0.1) is 0 Å². The van der Waals surface area contributed by atoms with Crippen molar-refractivity contribution >= 4 is 5.69 Å². The molecular weight excluding hydrogens is 236 g/mol. The normalized spacial score (nSPS) is 16.1. The Kier molecular flexibility index (Phi) is 4.83. The van der Waals surface area contributed by atoms with Crippen LogP contribution in [0.2, 0.25) is 0 Å². The van der Waals surface area contributed by atoms with Crippen molar-refractivity contribution in [1.82, 2.24) is 5.32 Å². The van der Waals surface area contributed by atoms with Crippen LogP contribution in [0.1, 0.15) is 32.3 Å². The van der Waals surface area contributed by atoms with Gasteiger partial charge in [0.1, 0.15) is 0 Å². The Bertz CT molecular complexity index is 397. The first-order valence-corrected chi connectivity index (χ1v) is 7.21. The van der Waals surface area contributed by atoms with Crippen molar-refractivity contribution in [1.29, 1.82) is 0 Å². The average molecular weight is 262 g/mol. The largest absolute Gasteiger partial charge is 0.377 e. The van der Waals surface area contributed by atoms with E-state index >= 15 is 0 Å². The summed E-state index contributed by atoms with van der Waals surface area (Å²) in [6.45, 7) is 8.36. The molecule has 0 bridgehead atoms. The SMILES string of the molecule is COC(C)(C)CNCc1ccccc1N1CCCC1. The van der Waals surface area contributed by atoms with Crippen LogP contribution in [-0.4, -0.2) is 32.3 Å². The summed E-state index contributed by atoms with van der Waals surface area (Å²) >= 11 is 0. The van der Waals surface area contributed by atoms with Crippen LogP contribution in [0.5, 0.6) is 0 Å². The van der Waals surface area contributed by atoms with Crippen molar-refractivity contribution < 1.29 is 4.74 Å². The molecule has 0 spiro atoms. The zero-order valence-electron chi connectivity index (χ0n) is 12.4. The third-order valence-corrected chi connectivity index (χ3v) is 3.86. The number of para-hydroxylation sites is 1. The number of methoxy groups -OCH3 is 1. The Morgan fingerprint density at radius 3 is 2.58 bits per heavy atom. The highest BCUT2D eigenvalue weighted by Gasteiger charge is 2.17. The molecule has 1 heterocycles. The summed E-state index contributed by atoms with van der Waals surface area (Å²) in [6, 6.07) is 8.72. The lowest BCUT2D eigenvalue weighted by Gasteiger charge is -2.25. The highest BCUT2D eigenvalue weighted by atomic mass is 16.5. The Hall–Kier alpha value is -1.06. The maximum atomic E-state index is 5.43. The average Bonchev–Trinajstić information content (AvgIpc) is 2.93. The summed E-state index contributed by atoms with van der Waals surface area (Å²) in [5.41, 5.74) is 2.67. The van der Waals surface area contributed by atoms with Crippen LogP contribution < -0.4 is 10.2 Å². The van der Waals surface area contributed by atoms with Gasteiger partial charge in [-0.2, -0.15) is 0 Å². The molecule has 19 heavy (non-hydrogen) atoms. The smallest absolute Gasteiger partial charge is 0.0746 e. The molecule has 1 aromatic carbocycles. The topological polar surface area (TPSA) is 24.5 Å². The lowest BCUT2D eigenvalue weighted by atomic mass is 10.1. The van der Waals surface area contributed by atoms with Crippen molar-refractivity contribution in [3.8, 4) is 0 Å². The molecule has 0 radical (unpaired) electrons. The number of nitrogens with zero attached hydrogens (tertiary/aromatic N) is 1. The van der Waals surface area contributed by atoms with Crippen LogP contribution in [-0.2, 0) is 11.3 Å². The van der Waals surface area contributed by atoms with Crippen LogP contribution in [0.25, 0.3) is 0 Å². The molecule has 2 rings (SSSR count). The summed E-state index contributed by atoms with van der Waals surface area (Å²) < 4.78 is 5.43. The molecule has 1 fully saturated rings. The maximum absolute atomic E-state index is 5.43. The zero-order chi connectivity index (χ0) is 13.7. The quantitative estimate of drug-likeness (QED) is 0.853. The molecule has 0 aliphatic carbocycles. The Balaban J connectivity index is 1.96. The molecular formula is C16H26N2O. The monoisotopic (exact) mass is 262 g/mol. The molecule has 1 aliphatic rings. The Labute approximate surface area is 116 Å². The number of ether oxygens (including phenoxy) is 1. The second-order valence-corrected chi connectivity index (χ2v) is 5.89. The summed E-state index contributed by atoms with van der Waals surface area (Å²) in [4.78, 5) is 2.50. The third-order valence-electron chi connectivity index (χ3n) is 3.86. The summed E-state index contributed by atoms with van der Waals surface area (Å²) in [7, 11) is 1.76. The number of hydrogen-bond acceptors (Lipinski definition) is 3. The molecule has 106 valence electrons. The summed E-state index contributed by atoms with van der Waals surface area (Å²) in [5, 5.41) is 3.51. The molecule has 1 saturated heterocycles. The van der Waals surface area contributed by atoms with Gasteiger partial charge in [-0.1, -0.05) is 18.2 Å². The van der Waals surface area contributed by atoms with E-state index in [0.29, 0.717) is 0 Å². The van der Waals surface area contributed by atoms with Gasteiger partial charge in [-0.25, -0.2) is 0 Å². The second-order valence-electron chi connectivity index (χ2n) is 5.89. The molecule has 1 aliphatic heterocycles. The van der Waals surface area contributed by atoms with Crippen molar-refractivity contribution in [2.24, 2.45) is 0 Å². The molecule has 3 heteroatoms. The second kappa shape index (κ2) is 6.40. The summed E-state index contributed by atoms with van der Waals surface area (Å²) in [5.74, 6) is 0. The van der Waals surface area contributed by atoms with Gasteiger partial charge in [0.25, 0.3) is 0 Å².